The van der Waals surface area contributed by atoms with E-state index >= 15 is 0 Å². The number of hydrazine groups is 1. The van der Waals surface area contributed by atoms with Crippen LogP contribution in [0.15, 0.2) is 18.2 Å². The first-order chi connectivity index (χ1) is 11.1. The lowest BCUT2D eigenvalue weighted by Crippen LogP contribution is -2.42. The largest absolute Gasteiger partial charge is 0.481 e. The van der Waals surface area contributed by atoms with Gasteiger partial charge >= 0.3 is 0 Å². The highest BCUT2D eigenvalue weighted by Gasteiger charge is 2.28. The molecule has 0 saturated carbocycles. The summed E-state index contributed by atoms with van der Waals surface area (Å²) in [4.78, 5) is 12.0. The summed E-state index contributed by atoms with van der Waals surface area (Å²) in [6.07, 6.45) is 1.50. The van der Waals surface area contributed by atoms with Gasteiger partial charge in [-0.25, -0.2) is 5.43 Å². The molecule has 0 bridgehead atoms. The molecule has 0 saturated heterocycles. The van der Waals surface area contributed by atoms with E-state index in [1.54, 1.807) is 14.0 Å². The van der Waals surface area contributed by atoms with Crippen LogP contribution in [0.4, 0.5) is 0 Å². The number of hydrogen-bond donors (Lipinski definition) is 2. The Balaban J connectivity index is 3.27. The molecule has 24 heavy (non-hydrogen) atoms. The monoisotopic (exact) mass is 334 g/mol. The third kappa shape index (κ3) is 4.73. The van der Waals surface area contributed by atoms with Crippen molar-refractivity contribution in [1.29, 1.82) is 0 Å². The summed E-state index contributed by atoms with van der Waals surface area (Å²) in [5.41, 5.74) is 7.78. The van der Waals surface area contributed by atoms with Gasteiger partial charge in [-0.3, -0.25) is 10.2 Å². The number of benzene rings is 1. The molecule has 1 amide bonds. The number of amides is 1. The molecule has 0 heterocycles. The molecular weight excluding hydrogens is 300 g/mol. The highest BCUT2D eigenvalue weighted by Crippen LogP contribution is 2.38. The van der Waals surface area contributed by atoms with Crippen LogP contribution in [0, 0.1) is 0 Å². The number of carbonyl (C=O) groups is 1. The zero-order valence-corrected chi connectivity index (χ0v) is 16.5. The lowest BCUT2D eigenvalue weighted by molar-refractivity contribution is -0.128. The van der Waals surface area contributed by atoms with Crippen LogP contribution in [0.25, 0.3) is 0 Å². The van der Waals surface area contributed by atoms with Gasteiger partial charge in [0.1, 0.15) is 5.75 Å². The van der Waals surface area contributed by atoms with Gasteiger partial charge in [0.25, 0.3) is 5.91 Å². The molecule has 0 aliphatic carbocycles. The van der Waals surface area contributed by atoms with Crippen LogP contribution < -0.4 is 15.6 Å². The van der Waals surface area contributed by atoms with Gasteiger partial charge < -0.3 is 4.74 Å². The zero-order chi connectivity index (χ0) is 18.5. The van der Waals surface area contributed by atoms with Gasteiger partial charge in [0, 0.05) is 12.6 Å². The Morgan fingerprint density at radius 1 is 1.12 bits per heavy atom. The maximum atomic E-state index is 12.0. The number of ether oxygens (including phenoxy) is 1. The second-order valence-corrected chi connectivity index (χ2v) is 7.69. The Morgan fingerprint density at radius 2 is 1.71 bits per heavy atom. The smallest absolute Gasteiger partial charge is 0.274 e. The Hall–Kier alpha value is -1.55. The maximum Gasteiger partial charge on any atom is 0.274 e. The lowest BCUT2D eigenvalue weighted by Gasteiger charge is -2.31. The van der Waals surface area contributed by atoms with Gasteiger partial charge in [-0.1, -0.05) is 53.7 Å². The first-order valence-electron chi connectivity index (χ1n) is 8.87. The van der Waals surface area contributed by atoms with Crippen LogP contribution in [0.5, 0.6) is 5.75 Å². The Labute approximate surface area is 147 Å². The van der Waals surface area contributed by atoms with Gasteiger partial charge in [0.2, 0.25) is 0 Å². The standard InChI is InChI=1S/C20H34N2O2/c1-9-19(4,5)15-11-12-17(16(13-15)20(6,7)10-2)24-14(3)18(23)22-21-8/h11-14,21H,9-10H2,1-8H3,(H,22,23). The van der Waals surface area contributed by atoms with Crippen molar-refractivity contribution >= 4 is 5.91 Å². The molecule has 4 nitrogen and oxygen atoms in total. The van der Waals surface area contributed by atoms with E-state index in [2.05, 4.69) is 64.5 Å². The Kier molecular flexibility index (Phi) is 6.85. The summed E-state index contributed by atoms with van der Waals surface area (Å²) in [6, 6.07) is 6.39. The van der Waals surface area contributed by atoms with E-state index in [4.69, 9.17) is 4.74 Å². The zero-order valence-electron chi connectivity index (χ0n) is 16.5. The number of nitrogens with one attached hydrogen (secondary N) is 2. The van der Waals surface area contributed by atoms with Crippen molar-refractivity contribution in [3.05, 3.63) is 29.3 Å². The molecule has 136 valence electrons. The molecule has 0 spiro atoms. The molecule has 1 atom stereocenters. The summed E-state index contributed by atoms with van der Waals surface area (Å²) in [7, 11) is 1.66. The number of hydrogen-bond acceptors (Lipinski definition) is 3. The molecular formula is C20H34N2O2. The SMILES string of the molecule is CCC(C)(C)c1ccc(OC(C)C(=O)NNC)c(C(C)(C)CC)c1. The minimum absolute atomic E-state index is 0.0195. The van der Waals surface area contributed by atoms with E-state index in [-0.39, 0.29) is 16.7 Å². The molecule has 1 aromatic rings. The van der Waals surface area contributed by atoms with Crippen molar-refractivity contribution in [2.45, 2.75) is 78.2 Å². The Morgan fingerprint density at radius 3 is 2.21 bits per heavy atom. The lowest BCUT2D eigenvalue weighted by atomic mass is 9.76. The molecule has 1 aromatic carbocycles. The van der Waals surface area contributed by atoms with Crippen LogP contribution in [0.2, 0.25) is 0 Å². The second-order valence-electron chi connectivity index (χ2n) is 7.69. The highest BCUT2D eigenvalue weighted by atomic mass is 16.5. The molecule has 0 aromatic heterocycles. The number of carbonyl (C=O) groups excluding carboxylic acids is 1. The normalized spacial score (nSPS) is 13.5. The summed E-state index contributed by atoms with van der Waals surface area (Å²) < 4.78 is 6.00. The fourth-order valence-corrected chi connectivity index (χ4v) is 2.45. The highest BCUT2D eigenvalue weighted by molar-refractivity contribution is 5.80. The van der Waals surface area contributed by atoms with Gasteiger partial charge in [-0.15, -0.1) is 0 Å². The molecule has 1 rings (SSSR count). The Bertz CT molecular complexity index is 565. The van der Waals surface area contributed by atoms with Gasteiger partial charge in [-0.2, -0.15) is 0 Å². The van der Waals surface area contributed by atoms with E-state index in [1.165, 1.54) is 5.56 Å². The number of rotatable bonds is 8. The molecule has 1 unspecified atom stereocenters. The predicted molar refractivity (Wildman–Crippen MR) is 100 cm³/mol. The first kappa shape index (κ1) is 20.5. The summed E-state index contributed by atoms with van der Waals surface area (Å²) in [5, 5.41) is 0. The van der Waals surface area contributed by atoms with Crippen LogP contribution in [-0.2, 0) is 15.6 Å². The summed E-state index contributed by atoms with van der Waals surface area (Å²) >= 11 is 0. The van der Waals surface area contributed by atoms with Crippen molar-refractivity contribution in [3.63, 3.8) is 0 Å². The quantitative estimate of drug-likeness (QED) is 0.704. The fourth-order valence-electron chi connectivity index (χ4n) is 2.45. The van der Waals surface area contributed by atoms with E-state index in [0.717, 1.165) is 24.2 Å². The average Bonchev–Trinajstić information content (AvgIpc) is 2.55. The predicted octanol–water partition coefficient (Wildman–Crippen LogP) is 4.08. The summed E-state index contributed by atoms with van der Waals surface area (Å²) in [6.45, 7) is 15.1. The molecule has 0 radical (unpaired) electrons. The van der Waals surface area contributed by atoms with Crippen LogP contribution >= 0.6 is 0 Å². The van der Waals surface area contributed by atoms with E-state index in [1.807, 2.05) is 6.07 Å². The van der Waals surface area contributed by atoms with Crippen molar-refractivity contribution in [3.8, 4) is 5.75 Å². The minimum Gasteiger partial charge on any atom is -0.481 e. The molecule has 0 aliphatic rings. The van der Waals surface area contributed by atoms with Crippen molar-refractivity contribution < 1.29 is 9.53 Å². The van der Waals surface area contributed by atoms with Crippen LogP contribution in [-0.4, -0.2) is 19.1 Å². The first-order valence-corrected chi connectivity index (χ1v) is 8.87. The maximum absolute atomic E-state index is 12.0. The average molecular weight is 335 g/mol. The molecule has 0 aliphatic heterocycles. The van der Waals surface area contributed by atoms with E-state index < -0.39 is 6.10 Å². The molecule has 0 fully saturated rings. The minimum atomic E-state index is -0.561. The van der Waals surface area contributed by atoms with Crippen LogP contribution in [0.3, 0.4) is 0 Å². The fraction of sp³-hybridized carbons (Fsp3) is 0.650. The topological polar surface area (TPSA) is 50.4 Å². The second kappa shape index (κ2) is 8.02. The van der Waals surface area contributed by atoms with Gasteiger partial charge in [-0.05, 0) is 42.2 Å². The van der Waals surface area contributed by atoms with Crippen LogP contribution in [0.1, 0.15) is 72.4 Å². The molecule has 2 N–H and O–H groups in total. The van der Waals surface area contributed by atoms with Crippen molar-refractivity contribution in [2.75, 3.05) is 7.05 Å². The third-order valence-corrected chi connectivity index (χ3v) is 5.18. The van der Waals surface area contributed by atoms with Crippen molar-refractivity contribution in [1.82, 2.24) is 10.9 Å². The molecule has 4 heteroatoms. The van der Waals surface area contributed by atoms with Crippen molar-refractivity contribution in [2.24, 2.45) is 0 Å². The van der Waals surface area contributed by atoms with E-state index in [0.29, 0.717) is 0 Å². The summed E-state index contributed by atoms with van der Waals surface area (Å²) in [5.74, 6) is 0.604. The van der Waals surface area contributed by atoms with E-state index in [9.17, 15) is 4.79 Å². The van der Waals surface area contributed by atoms with Gasteiger partial charge in [0.05, 0.1) is 0 Å². The van der Waals surface area contributed by atoms with Gasteiger partial charge in [0.15, 0.2) is 6.10 Å². The third-order valence-electron chi connectivity index (χ3n) is 5.18.